The second kappa shape index (κ2) is 7.99. The van der Waals surface area contributed by atoms with Gasteiger partial charge in [0.15, 0.2) is 13.2 Å². The first-order chi connectivity index (χ1) is 10.6. The fraction of sp³-hybridized carbons (Fsp3) is 0.556. The Bertz CT molecular complexity index is 559. The molecule has 23 heavy (non-hydrogen) atoms. The molecule has 0 aliphatic carbocycles. The Kier molecular flexibility index (Phi) is 6.61. The molecule has 0 radical (unpaired) electrons. The molecule has 0 aliphatic rings. The number of nitrogens with one attached hydrogen (secondary N) is 1. The molecule has 0 aromatic heterocycles. The second-order valence-corrected chi connectivity index (χ2v) is 6.93. The Morgan fingerprint density at radius 1 is 1.17 bits per heavy atom. The zero-order valence-electron chi connectivity index (χ0n) is 14.9. The summed E-state index contributed by atoms with van der Waals surface area (Å²) in [6.07, 6.45) is 0. The van der Waals surface area contributed by atoms with Gasteiger partial charge in [0.2, 0.25) is 0 Å². The number of amides is 1. The molecule has 1 aromatic rings. The Morgan fingerprint density at radius 2 is 1.83 bits per heavy atom. The molecule has 5 nitrogen and oxygen atoms in total. The molecule has 0 aliphatic heterocycles. The van der Waals surface area contributed by atoms with Gasteiger partial charge in [-0.2, -0.15) is 0 Å². The Morgan fingerprint density at radius 3 is 2.39 bits per heavy atom. The van der Waals surface area contributed by atoms with Crippen LogP contribution in [0.1, 0.15) is 51.7 Å². The third kappa shape index (κ3) is 7.17. The number of hydrogen-bond acceptors (Lipinski definition) is 4. The molecule has 0 heterocycles. The number of hydrogen-bond donors (Lipinski definition) is 1. The van der Waals surface area contributed by atoms with E-state index in [1.54, 1.807) is 0 Å². The molecule has 0 fully saturated rings. The van der Waals surface area contributed by atoms with Crippen molar-refractivity contribution in [2.24, 2.45) is 0 Å². The van der Waals surface area contributed by atoms with E-state index in [0.717, 1.165) is 11.1 Å². The number of ether oxygens (including phenoxy) is 2. The van der Waals surface area contributed by atoms with Gasteiger partial charge in [-0.25, -0.2) is 4.79 Å². The summed E-state index contributed by atoms with van der Waals surface area (Å²) in [6, 6.07) is 5.94. The van der Waals surface area contributed by atoms with E-state index in [1.807, 2.05) is 45.9 Å². The predicted octanol–water partition coefficient (Wildman–Crippen LogP) is 2.96. The lowest BCUT2D eigenvalue weighted by Gasteiger charge is -2.20. The van der Waals surface area contributed by atoms with Crippen LogP contribution in [0.25, 0.3) is 0 Å². The highest BCUT2D eigenvalue weighted by Gasteiger charge is 2.15. The quantitative estimate of drug-likeness (QED) is 0.818. The van der Waals surface area contributed by atoms with Crippen molar-refractivity contribution in [1.29, 1.82) is 0 Å². The predicted molar refractivity (Wildman–Crippen MR) is 89.6 cm³/mol. The lowest BCUT2D eigenvalue weighted by Crippen LogP contribution is -2.43. The highest BCUT2D eigenvalue weighted by Crippen LogP contribution is 2.24. The molecule has 1 amide bonds. The Balaban J connectivity index is 2.48. The topological polar surface area (TPSA) is 64.6 Å². The van der Waals surface area contributed by atoms with Gasteiger partial charge in [-0.1, -0.05) is 26.0 Å². The summed E-state index contributed by atoms with van der Waals surface area (Å²) in [5.74, 6) is 0.144. The van der Waals surface area contributed by atoms with E-state index in [2.05, 4.69) is 19.2 Å². The summed E-state index contributed by atoms with van der Waals surface area (Å²) in [4.78, 5) is 23.3. The van der Waals surface area contributed by atoms with Gasteiger partial charge in [-0.15, -0.1) is 0 Å². The zero-order chi connectivity index (χ0) is 17.6. The van der Waals surface area contributed by atoms with E-state index >= 15 is 0 Å². The van der Waals surface area contributed by atoms with Crippen LogP contribution >= 0.6 is 0 Å². The lowest BCUT2D eigenvalue weighted by molar-refractivity contribution is -0.150. The van der Waals surface area contributed by atoms with Crippen LogP contribution in [0.3, 0.4) is 0 Å². The molecule has 0 unspecified atom stereocenters. The Labute approximate surface area is 138 Å². The number of benzene rings is 1. The molecule has 0 saturated carbocycles. The van der Waals surface area contributed by atoms with Crippen LogP contribution in [0.4, 0.5) is 0 Å². The van der Waals surface area contributed by atoms with Gasteiger partial charge in [-0.3, -0.25) is 4.79 Å². The van der Waals surface area contributed by atoms with Gasteiger partial charge in [-0.05, 0) is 50.8 Å². The first-order valence-electron chi connectivity index (χ1n) is 7.78. The third-order valence-corrected chi connectivity index (χ3v) is 3.10. The maximum Gasteiger partial charge on any atom is 0.344 e. The molecule has 1 aromatic carbocycles. The fourth-order valence-electron chi connectivity index (χ4n) is 1.91. The van der Waals surface area contributed by atoms with Crippen molar-refractivity contribution in [1.82, 2.24) is 5.32 Å². The summed E-state index contributed by atoms with van der Waals surface area (Å²) in [7, 11) is 0. The number of aryl methyl sites for hydroxylation is 1. The number of rotatable bonds is 6. The number of carbonyl (C=O) groups excluding carboxylic acids is 2. The molecule has 5 heteroatoms. The maximum atomic E-state index is 11.7. The molecule has 1 N–H and O–H groups in total. The van der Waals surface area contributed by atoms with Crippen molar-refractivity contribution in [3.05, 3.63) is 29.3 Å². The summed E-state index contributed by atoms with van der Waals surface area (Å²) in [5.41, 5.74) is 1.74. The first-order valence-corrected chi connectivity index (χ1v) is 7.78. The van der Waals surface area contributed by atoms with E-state index < -0.39 is 5.97 Å². The van der Waals surface area contributed by atoms with Crippen molar-refractivity contribution >= 4 is 11.9 Å². The SMILES string of the molecule is Cc1ccc(C(C)C)cc1OCC(=O)OCC(=O)NC(C)(C)C. The van der Waals surface area contributed by atoms with Crippen LogP contribution < -0.4 is 10.1 Å². The minimum Gasteiger partial charge on any atom is -0.482 e. The minimum atomic E-state index is -0.566. The zero-order valence-corrected chi connectivity index (χ0v) is 14.9. The van der Waals surface area contributed by atoms with Crippen LogP contribution in [0.5, 0.6) is 5.75 Å². The summed E-state index contributed by atoms with van der Waals surface area (Å²) in [6.45, 7) is 11.2. The molecule has 0 atom stereocenters. The van der Waals surface area contributed by atoms with Crippen LogP contribution in [0.15, 0.2) is 18.2 Å². The lowest BCUT2D eigenvalue weighted by atomic mass is 10.0. The first kappa shape index (κ1) is 19.0. The van der Waals surface area contributed by atoms with Crippen molar-refractivity contribution in [2.75, 3.05) is 13.2 Å². The number of esters is 1. The van der Waals surface area contributed by atoms with Crippen LogP contribution in [-0.4, -0.2) is 30.6 Å². The molecule has 128 valence electrons. The van der Waals surface area contributed by atoms with Crippen molar-refractivity contribution in [2.45, 2.75) is 53.0 Å². The second-order valence-electron chi connectivity index (χ2n) is 6.93. The maximum absolute atomic E-state index is 11.7. The highest BCUT2D eigenvalue weighted by molar-refractivity contribution is 5.81. The summed E-state index contributed by atoms with van der Waals surface area (Å²) in [5, 5.41) is 2.72. The van der Waals surface area contributed by atoms with Gasteiger partial charge < -0.3 is 14.8 Å². The average Bonchev–Trinajstić information content (AvgIpc) is 2.42. The minimum absolute atomic E-state index is 0.217. The van der Waals surface area contributed by atoms with Gasteiger partial charge >= 0.3 is 5.97 Å². The molecular formula is C18H27NO4. The summed E-state index contributed by atoms with van der Waals surface area (Å²) < 4.78 is 10.4. The van der Waals surface area contributed by atoms with E-state index in [9.17, 15) is 9.59 Å². The highest BCUT2D eigenvalue weighted by atomic mass is 16.6. The molecular weight excluding hydrogens is 294 g/mol. The van der Waals surface area contributed by atoms with Crippen molar-refractivity contribution in [3.8, 4) is 5.75 Å². The standard InChI is InChI=1S/C18H27NO4/c1-12(2)14-8-7-13(3)15(9-14)22-11-17(21)23-10-16(20)19-18(4,5)6/h7-9,12H,10-11H2,1-6H3,(H,19,20). The van der Waals surface area contributed by atoms with Gasteiger partial charge in [0.25, 0.3) is 5.91 Å². The molecule has 0 bridgehead atoms. The van der Waals surface area contributed by atoms with Gasteiger partial charge in [0.05, 0.1) is 0 Å². The van der Waals surface area contributed by atoms with Crippen LogP contribution in [-0.2, 0) is 14.3 Å². The van der Waals surface area contributed by atoms with Crippen molar-refractivity contribution in [3.63, 3.8) is 0 Å². The fourth-order valence-corrected chi connectivity index (χ4v) is 1.91. The molecule has 0 spiro atoms. The number of carbonyl (C=O) groups is 2. The van der Waals surface area contributed by atoms with Crippen molar-refractivity contribution < 1.29 is 19.1 Å². The van der Waals surface area contributed by atoms with Gasteiger partial charge in [0.1, 0.15) is 5.75 Å². The van der Waals surface area contributed by atoms with E-state index in [-0.39, 0.29) is 24.7 Å². The van der Waals surface area contributed by atoms with E-state index in [0.29, 0.717) is 11.7 Å². The van der Waals surface area contributed by atoms with E-state index in [1.165, 1.54) is 0 Å². The van der Waals surface area contributed by atoms with Gasteiger partial charge in [0, 0.05) is 5.54 Å². The smallest absolute Gasteiger partial charge is 0.344 e. The average molecular weight is 321 g/mol. The molecule has 0 saturated heterocycles. The summed E-state index contributed by atoms with van der Waals surface area (Å²) >= 11 is 0. The van der Waals surface area contributed by atoms with Crippen LogP contribution in [0, 0.1) is 6.92 Å². The van der Waals surface area contributed by atoms with E-state index in [4.69, 9.17) is 9.47 Å². The monoisotopic (exact) mass is 321 g/mol. The van der Waals surface area contributed by atoms with Crippen LogP contribution in [0.2, 0.25) is 0 Å². The largest absolute Gasteiger partial charge is 0.482 e. The molecule has 1 rings (SSSR count). The third-order valence-electron chi connectivity index (χ3n) is 3.10. The Hall–Kier alpha value is -2.04. The normalized spacial score (nSPS) is 11.3.